The summed E-state index contributed by atoms with van der Waals surface area (Å²) >= 11 is 0. The number of hydrogen-bond donors (Lipinski definition) is 3. The van der Waals surface area contributed by atoms with Crippen LogP contribution in [-0.4, -0.2) is 50.4 Å². The van der Waals surface area contributed by atoms with E-state index in [1.165, 1.54) is 0 Å². The molecule has 0 saturated carbocycles. The summed E-state index contributed by atoms with van der Waals surface area (Å²) in [6, 6.07) is 10.9. The number of amides is 1. The molecule has 0 saturated heterocycles. The number of amidine groups is 1. The van der Waals surface area contributed by atoms with Crippen LogP contribution in [0.4, 0.5) is 10.1 Å². The molecule has 2 aromatic carbocycles. The highest BCUT2D eigenvalue weighted by molar-refractivity contribution is 6.48. The number of fused-ring (bicyclic) bond motifs is 1. The molecule has 0 spiro atoms. The number of benzene rings is 2. The van der Waals surface area contributed by atoms with Crippen LogP contribution >= 0.6 is 0 Å². The third-order valence-electron chi connectivity index (χ3n) is 6.95. The minimum atomic E-state index is -0.389. The lowest BCUT2D eigenvalue weighted by Gasteiger charge is -2.22. The molecule has 0 radical (unpaired) electrons. The van der Waals surface area contributed by atoms with Crippen LogP contribution in [0.25, 0.3) is 5.57 Å². The van der Waals surface area contributed by atoms with Gasteiger partial charge in [-0.15, -0.1) is 0 Å². The number of nitrogens with one attached hydrogen (secondary N) is 2. The van der Waals surface area contributed by atoms with Gasteiger partial charge in [-0.3, -0.25) is 9.79 Å². The van der Waals surface area contributed by atoms with Gasteiger partial charge < -0.3 is 25.8 Å². The molecule has 2 heterocycles. The summed E-state index contributed by atoms with van der Waals surface area (Å²) in [6.45, 7) is 5.19. The number of nitrogens with zero attached hydrogens (tertiary/aromatic N) is 3. The summed E-state index contributed by atoms with van der Waals surface area (Å²) in [5.74, 6) is 0.203. The number of allylic oxidation sites excluding steroid dienone is 2. The number of anilines is 1. The van der Waals surface area contributed by atoms with Gasteiger partial charge in [0.05, 0.1) is 18.9 Å². The molecule has 214 valence electrons. The van der Waals surface area contributed by atoms with E-state index in [2.05, 4.69) is 20.6 Å². The van der Waals surface area contributed by atoms with Gasteiger partial charge in [-0.05, 0) is 67.7 Å². The van der Waals surface area contributed by atoms with Crippen molar-refractivity contribution in [3.63, 3.8) is 0 Å². The van der Waals surface area contributed by atoms with E-state index in [0.717, 1.165) is 35.4 Å². The second-order valence-corrected chi connectivity index (χ2v) is 9.60. The maximum absolute atomic E-state index is 15.5. The van der Waals surface area contributed by atoms with Crippen LogP contribution in [0, 0.1) is 30.0 Å². The average molecular weight is 559 g/mol. The van der Waals surface area contributed by atoms with E-state index in [4.69, 9.17) is 20.5 Å². The number of nitriles is 1. The van der Waals surface area contributed by atoms with Gasteiger partial charge in [0.1, 0.15) is 17.6 Å². The molecule has 41 heavy (non-hydrogen) atoms. The molecular weight excluding hydrogens is 523 g/mol. The predicted molar refractivity (Wildman–Crippen MR) is 159 cm³/mol. The van der Waals surface area contributed by atoms with E-state index in [1.54, 1.807) is 37.5 Å². The Morgan fingerprint density at radius 3 is 2.88 bits per heavy atom. The van der Waals surface area contributed by atoms with Crippen molar-refractivity contribution in [3.05, 3.63) is 76.9 Å². The van der Waals surface area contributed by atoms with Gasteiger partial charge in [-0.2, -0.15) is 5.26 Å². The Bertz CT molecular complexity index is 1440. The maximum atomic E-state index is 15.5. The lowest BCUT2D eigenvalue weighted by Crippen LogP contribution is -2.30. The number of carbonyl (C=O) groups excluding carboxylic acids is 1. The molecule has 2 aliphatic rings. The van der Waals surface area contributed by atoms with Crippen molar-refractivity contribution < 1.29 is 18.7 Å². The minimum Gasteiger partial charge on any atom is -0.478 e. The average Bonchev–Trinajstić information content (AvgIpc) is 3.38. The summed E-state index contributed by atoms with van der Waals surface area (Å²) in [6.07, 6.45) is 7.61. The van der Waals surface area contributed by atoms with Crippen molar-refractivity contribution in [2.45, 2.75) is 33.1 Å². The molecule has 1 atom stereocenters. The van der Waals surface area contributed by atoms with Gasteiger partial charge in [-0.1, -0.05) is 13.0 Å². The highest BCUT2D eigenvalue weighted by Gasteiger charge is 2.32. The number of aliphatic imine (C=N–C) groups is 2. The molecule has 9 nitrogen and oxygen atoms in total. The molecular formula is C31H35FN6O3. The van der Waals surface area contributed by atoms with E-state index in [0.29, 0.717) is 61.0 Å². The van der Waals surface area contributed by atoms with Crippen LogP contribution in [0.5, 0.6) is 5.75 Å². The van der Waals surface area contributed by atoms with Crippen LogP contribution in [-0.2, 0) is 11.2 Å². The van der Waals surface area contributed by atoms with Crippen molar-refractivity contribution in [2.75, 3.05) is 38.2 Å². The summed E-state index contributed by atoms with van der Waals surface area (Å²) in [4.78, 5) is 22.1. The van der Waals surface area contributed by atoms with Crippen LogP contribution < -0.4 is 21.1 Å². The molecule has 10 heteroatoms. The van der Waals surface area contributed by atoms with Gasteiger partial charge >= 0.3 is 0 Å². The molecule has 0 aliphatic carbocycles. The zero-order valence-corrected chi connectivity index (χ0v) is 23.4. The maximum Gasteiger partial charge on any atom is 0.251 e. The minimum absolute atomic E-state index is 0.147. The molecule has 1 amide bonds. The Labute approximate surface area is 239 Å². The molecule has 4 N–H and O–H groups in total. The fourth-order valence-electron chi connectivity index (χ4n) is 4.87. The Balaban J connectivity index is 1.51. The third kappa shape index (κ3) is 7.06. The number of halogens is 1. The van der Waals surface area contributed by atoms with Crippen molar-refractivity contribution in [3.8, 4) is 11.8 Å². The molecule has 0 aromatic heterocycles. The van der Waals surface area contributed by atoms with Gasteiger partial charge in [0, 0.05) is 53.8 Å². The van der Waals surface area contributed by atoms with Crippen LogP contribution in [0.1, 0.15) is 46.8 Å². The van der Waals surface area contributed by atoms with E-state index in [1.807, 2.05) is 31.2 Å². The highest BCUT2D eigenvalue weighted by Crippen LogP contribution is 2.38. The van der Waals surface area contributed by atoms with Crippen LogP contribution in [0.15, 0.2) is 58.8 Å². The second kappa shape index (κ2) is 14.3. The molecule has 2 aliphatic heterocycles. The van der Waals surface area contributed by atoms with Crippen molar-refractivity contribution in [2.24, 2.45) is 21.6 Å². The van der Waals surface area contributed by atoms with Crippen LogP contribution in [0.2, 0.25) is 0 Å². The molecule has 2 aromatic rings. The van der Waals surface area contributed by atoms with Crippen LogP contribution in [0.3, 0.4) is 0 Å². The summed E-state index contributed by atoms with van der Waals surface area (Å²) < 4.78 is 26.2. The zero-order chi connectivity index (χ0) is 29.2. The van der Waals surface area contributed by atoms with E-state index in [9.17, 15) is 4.79 Å². The predicted octanol–water partition coefficient (Wildman–Crippen LogP) is 4.53. The van der Waals surface area contributed by atoms with Crippen molar-refractivity contribution in [1.29, 1.82) is 5.26 Å². The van der Waals surface area contributed by atoms with Gasteiger partial charge in [-0.25, -0.2) is 9.38 Å². The SMILES string of the molecule is CCc1cc(NC2=N/C=C\CCC3C(c4ccc(OCC#N)c(C)c4F)=CN=C23)ccc1C(=O)NCCOCCN. The van der Waals surface area contributed by atoms with Crippen molar-refractivity contribution in [1.82, 2.24) is 5.32 Å². The fourth-order valence-corrected chi connectivity index (χ4v) is 4.87. The topological polar surface area (TPSA) is 134 Å². The first-order valence-corrected chi connectivity index (χ1v) is 13.7. The first-order valence-electron chi connectivity index (χ1n) is 13.7. The van der Waals surface area contributed by atoms with Gasteiger partial charge in [0.15, 0.2) is 12.4 Å². The standard InChI is InChI=1S/C31H35FN6O3/c1-3-21-18-22(7-8-23(21)31(39)36-14-17-40-15-11-33)38-30-29-25(6-4-5-13-35-30)26(19-37-29)24-9-10-27(41-16-12-34)20(2)28(24)32/h5,7-10,13,18-19,25H,3-4,6,11,14-17,33H2,1-2H3,(H,35,38)(H,36,39)/b13-5-. The lowest BCUT2D eigenvalue weighted by atomic mass is 9.85. The zero-order valence-electron chi connectivity index (χ0n) is 23.4. The first kappa shape index (κ1) is 29.6. The Hall–Kier alpha value is -4.33. The van der Waals surface area contributed by atoms with Gasteiger partial charge in [0.25, 0.3) is 5.91 Å². The Kier molecular flexibility index (Phi) is 10.4. The van der Waals surface area contributed by atoms with E-state index < -0.39 is 0 Å². The largest absolute Gasteiger partial charge is 0.478 e. The first-order chi connectivity index (χ1) is 20.0. The summed E-state index contributed by atoms with van der Waals surface area (Å²) in [5, 5.41) is 15.1. The summed E-state index contributed by atoms with van der Waals surface area (Å²) in [7, 11) is 0. The number of aryl methyl sites for hydroxylation is 1. The number of carbonyl (C=O) groups is 1. The molecule has 1 unspecified atom stereocenters. The van der Waals surface area contributed by atoms with Gasteiger partial charge in [0.2, 0.25) is 0 Å². The smallest absolute Gasteiger partial charge is 0.251 e. The quantitative estimate of drug-likeness (QED) is 0.347. The molecule has 0 fully saturated rings. The summed E-state index contributed by atoms with van der Waals surface area (Å²) in [5.41, 5.74) is 9.98. The second-order valence-electron chi connectivity index (χ2n) is 9.60. The third-order valence-corrected chi connectivity index (χ3v) is 6.95. The molecule has 0 bridgehead atoms. The number of ether oxygens (including phenoxy) is 2. The normalized spacial score (nSPS) is 16.8. The molecule has 4 rings (SSSR count). The highest BCUT2D eigenvalue weighted by atomic mass is 19.1. The lowest BCUT2D eigenvalue weighted by molar-refractivity contribution is 0.0919. The van der Waals surface area contributed by atoms with E-state index >= 15 is 4.39 Å². The van der Waals surface area contributed by atoms with E-state index in [-0.39, 0.29) is 24.2 Å². The van der Waals surface area contributed by atoms with Crippen molar-refractivity contribution >= 4 is 28.7 Å². The fraction of sp³-hybridized carbons (Fsp3) is 0.355. The number of hydrogen-bond acceptors (Lipinski definition) is 8. The monoisotopic (exact) mass is 558 g/mol. The number of rotatable bonds is 11. The Morgan fingerprint density at radius 2 is 2.10 bits per heavy atom. The number of nitrogens with two attached hydrogens (primary N) is 1. The Morgan fingerprint density at radius 1 is 1.24 bits per heavy atom.